The summed E-state index contributed by atoms with van der Waals surface area (Å²) in [6.07, 6.45) is -0.319. The first-order valence-electron chi connectivity index (χ1n) is 5.58. The molecule has 0 aliphatic rings. The molecule has 0 atom stereocenters. The highest BCUT2D eigenvalue weighted by Crippen LogP contribution is 2.25. The quantitative estimate of drug-likeness (QED) is 0.617. The van der Waals surface area contributed by atoms with Gasteiger partial charge in [-0.25, -0.2) is 4.68 Å². The van der Waals surface area contributed by atoms with E-state index in [-0.39, 0.29) is 12.3 Å². The fraction of sp³-hybridized carbons (Fsp3) is 0.545. The lowest BCUT2D eigenvalue weighted by molar-refractivity contribution is -0.143. The van der Waals surface area contributed by atoms with Crippen LogP contribution in [0.2, 0.25) is 0 Å². The molecule has 18 heavy (non-hydrogen) atoms. The smallest absolute Gasteiger partial charge is 0.315 e. The molecule has 0 aliphatic carbocycles. The predicted octanol–water partition coefficient (Wildman–Crippen LogP) is 0.320. The van der Waals surface area contributed by atoms with Gasteiger partial charge in [0.25, 0.3) is 0 Å². The van der Waals surface area contributed by atoms with E-state index in [0.717, 1.165) is 0 Å². The van der Waals surface area contributed by atoms with E-state index < -0.39 is 5.97 Å². The molecule has 7 heteroatoms. The summed E-state index contributed by atoms with van der Waals surface area (Å²) in [5.74, 6) is -0.461. The normalized spacial score (nSPS) is 10.2. The van der Waals surface area contributed by atoms with Crippen molar-refractivity contribution in [1.82, 2.24) is 9.78 Å². The van der Waals surface area contributed by atoms with Crippen molar-refractivity contribution < 1.29 is 14.3 Å². The highest BCUT2D eigenvalue weighted by molar-refractivity contribution is 6.04. The third-order valence-corrected chi connectivity index (χ3v) is 2.66. The molecule has 2 N–H and O–H groups in total. The largest absolute Gasteiger partial charge is 0.469 e. The minimum Gasteiger partial charge on any atom is -0.469 e. The number of amides is 1. The summed E-state index contributed by atoms with van der Waals surface area (Å²) in [7, 11) is 2.80. The molecular weight excluding hydrogens is 236 g/mol. The minimum absolute atomic E-state index is 0.319. The molecule has 100 valence electrons. The first kappa shape index (κ1) is 14.0. The average molecular weight is 254 g/mol. The van der Waals surface area contributed by atoms with Crippen LogP contribution in [0.4, 0.5) is 11.5 Å². The molecule has 1 aromatic rings. The zero-order valence-electron chi connectivity index (χ0n) is 11.1. The van der Waals surface area contributed by atoms with E-state index in [4.69, 9.17) is 5.73 Å². The van der Waals surface area contributed by atoms with E-state index in [9.17, 15) is 9.59 Å². The molecular formula is C11H18N4O3. The average Bonchev–Trinajstić information content (AvgIpc) is 2.64. The van der Waals surface area contributed by atoms with Crippen molar-refractivity contribution >= 4 is 23.4 Å². The molecule has 1 heterocycles. The number of nitrogens with two attached hydrogens (primary N) is 1. The summed E-state index contributed by atoms with van der Waals surface area (Å²) < 4.78 is 6.08. The molecule has 7 nitrogen and oxygen atoms in total. The van der Waals surface area contributed by atoms with Crippen molar-refractivity contribution in [2.75, 3.05) is 24.8 Å². The van der Waals surface area contributed by atoms with Crippen molar-refractivity contribution in [3.63, 3.8) is 0 Å². The second-order valence-corrected chi connectivity index (χ2v) is 3.84. The van der Waals surface area contributed by atoms with E-state index >= 15 is 0 Å². The standard InChI is InChI=1S/C11H18N4O3/c1-5-15-11(10(12)7(2)13-15)14(3)8(16)6-9(17)18-4/h5-6,12H2,1-4H3. The van der Waals surface area contributed by atoms with E-state index in [2.05, 4.69) is 9.84 Å². The summed E-state index contributed by atoms with van der Waals surface area (Å²) >= 11 is 0. The number of hydrogen-bond acceptors (Lipinski definition) is 5. The number of aryl methyl sites for hydroxylation is 2. The fourth-order valence-electron chi connectivity index (χ4n) is 1.59. The molecule has 0 aliphatic heterocycles. The molecule has 0 unspecified atom stereocenters. The van der Waals surface area contributed by atoms with Gasteiger partial charge in [-0.3, -0.25) is 14.5 Å². The molecule has 0 spiro atoms. The van der Waals surface area contributed by atoms with Crippen molar-refractivity contribution in [1.29, 1.82) is 0 Å². The Labute approximate surface area is 105 Å². The van der Waals surface area contributed by atoms with Crippen LogP contribution >= 0.6 is 0 Å². The van der Waals surface area contributed by atoms with Gasteiger partial charge in [0.2, 0.25) is 5.91 Å². The zero-order chi connectivity index (χ0) is 13.9. The predicted molar refractivity (Wildman–Crippen MR) is 67.1 cm³/mol. The molecule has 0 bridgehead atoms. The Bertz CT molecular complexity index is 467. The van der Waals surface area contributed by atoms with Crippen molar-refractivity contribution in [2.24, 2.45) is 0 Å². The number of ether oxygens (including phenoxy) is 1. The van der Waals surface area contributed by atoms with Crippen molar-refractivity contribution in [2.45, 2.75) is 26.8 Å². The van der Waals surface area contributed by atoms with Crippen LogP contribution in [-0.4, -0.2) is 35.8 Å². The topological polar surface area (TPSA) is 90.5 Å². The SMILES string of the molecule is CCn1nc(C)c(N)c1N(C)C(=O)CC(=O)OC. The summed E-state index contributed by atoms with van der Waals surface area (Å²) in [4.78, 5) is 24.3. The number of hydrogen-bond donors (Lipinski definition) is 1. The second-order valence-electron chi connectivity index (χ2n) is 3.84. The van der Waals surface area contributed by atoms with E-state index in [1.165, 1.54) is 12.0 Å². The van der Waals surface area contributed by atoms with Gasteiger partial charge in [-0.05, 0) is 13.8 Å². The van der Waals surface area contributed by atoms with Gasteiger partial charge in [0.1, 0.15) is 6.42 Å². The zero-order valence-corrected chi connectivity index (χ0v) is 11.1. The number of rotatable bonds is 4. The first-order valence-corrected chi connectivity index (χ1v) is 5.58. The van der Waals surface area contributed by atoms with Gasteiger partial charge >= 0.3 is 5.97 Å². The van der Waals surface area contributed by atoms with Crippen LogP contribution in [-0.2, 0) is 20.9 Å². The summed E-state index contributed by atoms with van der Waals surface area (Å²) in [6.45, 7) is 4.25. The molecule has 0 radical (unpaired) electrons. The van der Waals surface area contributed by atoms with Gasteiger partial charge in [0.05, 0.1) is 18.5 Å². The Morgan fingerprint density at radius 2 is 2.11 bits per heavy atom. The van der Waals surface area contributed by atoms with Crippen LogP contribution in [0.5, 0.6) is 0 Å². The highest BCUT2D eigenvalue weighted by Gasteiger charge is 2.22. The second kappa shape index (κ2) is 5.52. The monoisotopic (exact) mass is 254 g/mol. The summed E-state index contributed by atoms with van der Waals surface area (Å²) in [5.41, 5.74) is 6.99. The Hall–Kier alpha value is -2.05. The van der Waals surface area contributed by atoms with Gasteiger partial charge in [0.15, 0.2) is 5.82 Å². The van der Waals surface area contributed by atoms with Gasteiger partial charge in [-0.2, -0.15) is 5.10 Å². The van der Waals surface area contributed by atoms with Crippen LogP contribution < -0.4 is 10.6 Å². The number of carbonyl (C=O) groups is 2. The number of esters is 1. The van der Waals surface area contributed by atoms with Crippen LogP contribution in [0.15, 0.2) is 0 Å². The van der Waals surface area contributed by atoms with Gasteiger partial charge < -0.3 is 10.5 Å². The van der Waals surface area contributed by atoms with E-state index in [1.54, 1.807) is 18.7 Å². The Morgan fingerprint density at radius 3 is 2.61 bits per heavy atom. The van der Waals surface area contributed by atoms with Gasteiger partial charge in [-0.1, -0.05) is 0 Å². The van der Waals surface area contributed by atoms with Crippen LogP contribution in [0, 0.1) is 6.92 Å². The van der Waals surface area contributed by atoms with Crippen LogP contribution in [0.25, 0.3) is 0 Å². The lowest BCUT2D eigenvalue weighted by Crippen LogP contribution is -2.31. The molecule has 1 amide bonds. The maximum atomic E-state index is 11.9. The number of methoxy groups -OCH3 is 1. The maximum absolute atomic E-state index is 11.9. The Morgan fingerprint density at radius 1 is 1.50 bits per heavy atom. The van der Waals surface area contributed by atoms with Crippen LogP contribution in [0.3, 0.4) is 0 Å². The number of anilines is 2. The van der Waals surface area contributed by atoms with E-state index in [0.29, 0.717) is 23.7 Å². The number of carbonyl (C=O) groups excluding carboxylic acids is 2. The summed E-state index contributed by atoms with van der Waals surface area (Å²) in [6, 6.07) is 0. The van der Waals surface area contributed by atoms with E-state index in [1.807, 2.05) is 6.92 Å². The van der Waals surface area contributed by atoms with Gasteiger partial charge in [-0.15, -0.1) is 0 Å². The molecule has 1 aromatic heterocycles. The third kappa shape index (κ3) is 2.61. The van der Waals surface area contributed by atoms with Crippen molar-refractivity contribution in [3.05, 3.63) is 5.69 Å². The number of nitrogen functional groups attached to an aromatic ring is 1. The third-order valence-electron chi connectivity index (χ3n) is 2.66. The Kier molecular flexibility index (Phi) is 4.30. The van der Waals surface area contributed by atoms with Crippen LogP contribution in [0.1, 0.15) is 19.0 Å². The minimum atomic E-state index is -0.579. The first-order chi connectivity index (χ1) is 8.42. The number of aromatic nitrogens is 2. The molecule has 1 rings (SSSR count). The molecule has 0 aromatic carbocycles. The molecule has 0 saturated heterocycles. The lowest BCUT2D eigenvalue weighted by atomic mass is 10.3. The molecule has 0 saturated carbocycles. The maximum Gasteiger partial charge on any atom is 0.315 e. The Balaban J connectivity index is 2.99. The summed E-state index contributed by atoms with van der Waals surface area (Å²) in [5, 5.41) is 4.21. The fourth-order valence-corrected chi connectivity index (χ4v) is 1.59. The lowest BCUT2D eigenvalue weighted by Gasteiger charge is -2.18. The highest BCUT2D eigenvalue weighted by atomic mass is 16.5. The van der Waals surface area contributed by atoms with Crippen molar-refractivity contribution in [3.8, 4) is 0 Å². The number of nitrogens with zero attached hydrogens (tertiary/aromatic N) is 3. The molecule has 0 fully saturated rings. The van der Waals surface area contributed by atoms with Gasteiger partial charge in [0, 0.05) is 13.6 Å².